The molecule has 0 aliphatic carbocycles. The summed E-state index contributed by atoms with van der Waals surface area (Å²) in [5, 5.41) is 2.25. The highest BCUT2D eigenvalue weighted by Gasteiger charge is 2.17. The van der Waals surface area contributed by atoms with Gasteiger partial charge in [0.2, 0.25) is 12.3 Å². The van der Waals surface area contributed by atoms with Gasteiger partial charge in [0.25, 0.3) is 0 Å². The maximum atomic E-state index is 13.8. The van der Waals surface area contributed by atoms with Crippen molar-refractivity contribution in [3.05, 3.63) is 0 Å². The highest BCUT2D eigenvalue weighted by Crippen LogP contribution is 2.14. The molecule has 0 aromatic heterocycles. The first-order chi connectivity index (χ1) is 30.4. The lowest BCUT2D eigenvalue weighted by Crippen LogP contribution is -2.43. The molecular weight excluding hydrogens is 763 g/mol. The number of rotatable bonds is 50. The molecule has 0 unspecified atom stereocenters. The Balaban J connectivity index is 0. The zero-order valence-corrected chi connectivity index (χ0v) is 43.7. The van der Waals surface area contributed by atoms with E-state index in [1.54, 1.807) is 7.05 Å². The molecule has 7 nitrogen and oxygen atoms in total. The summed E-state index contributed by atoms with van der Waals surface area (Å²) in [6, 6.07) is 0. The van der Waals surface area contributed by atoms with Crippen LogP contribution in [-0.4, -0.2) is 111 Å². The van der Waals surface area contributed by atoms with Gasteiger partial charge in [-0.25, -0.2) is 0 Å². The predicted octanol–water partition coefficient (Wildman–Crippen LogP) is 14.9. The molecule has 62 heavy (non-hydrogen) atoms. The van der Waals surface area contributed by atoms with Crippen LogP contribution in [0.1, 0.15) is 266 Å². The summed E-state index contributed by atoms with van der Waals surface area (Å²) in [5.74, 6) is 0.333. The van der Waals surface area contributed by atoms with Crippen LogP contribution in [0.4, 0.5) is 0 Å². The van der Waals surface area contributed by atoms with Gasteiger partial charge in [0, 0.05) is 33.7 Å². The lowest BCUT2D eigenvalue weighted by atomic mass is 10.1. The minimum absolute atomic E-state index is 0.333. The molecule has 0 spiro atoms. The van der Waals surface area contributed by atoms with Crippen LogP contribution >= 0.6 is 0 Å². The first-order valence-electron chi connectivity index (χ1n) is 28.0. The number of hydrogen-bond donors (Lipinski definition) is 1. The zero-order chi connectivity index (χ0) is 45.8. The SMILES string of the molecule is CCCCCCCCCN(CCCCCCCCC)CCCN(C)C(=O)CN(CCCCCCCCC)CCN(CCCCCCCCC)CCCCCCCCC.CNC=O. The number of likely N-dealkylation sites (N-methyl/N-ethyl adjacent to an activating group) is 1. The highest BCUT2D eigenvalue weighted by atomic mass is 16.2. The quantitative estimate of drug-likeness (QED) is 0.0487. The maximum Gasteiger partial charge on any atom is 0.236 e. The van der Waals surface area contributed by atoms with E-state index in [0.29, 0.717) is 18.9 Å². The molecule has 0 aliphatic heterocycles. The summed E-state index contributed by atoms with van der Waals surface area (Å²) in [6.07, 6.45) is 49.6. The number of nitrogens with one attached hydrogen (secondary N) is 1. The Morgan fingerprint density at radius 1 is 0.339 bits per heavy atom. The van der Waals surface area contributed by atoms with Crippen molar-refractivity contribution in [1.29, 1.82) is 0 Å². The minimum atomic E-state index is 0.333. The molecule has 0 saturated carbocycles. The summed E-state index contributed by atoms with van der Waals surface area (Å²) >= 11 is 0. The zero-order valence-electron chi connectivity index (χ0n) is 43.7. The van der Waals surface area contributed by atoms with Gasteiger partial charge in [-0.05, 0) is 77.8 Å². The van der Waals surface area contributed by atoms with Crippen LogP contribution in [0.5, 0.6) is 0 Å². The Bertz CT molecular complexity index is 823. The normalized spacial score (nSPS) is 11.5. The smallest absolute Gasteiger partial charge is 0.236 e. The summed E-state index contributed by atoms with van der Waals surface area (Å²) in [4.78, 5) is 33.0. The van der Waals surface area contributed by atoms with Crippen molar-refractivity contribution in [2.24, 2.45) is 0 Å². The molecule has 0 atom stereocenters. The van der Waals surface area contributed by atoms with Crippen molar-refractivity contribution in [2.45, 2.75) is 266 Å². The van der Waals surface area contributed by atoms with E-state index in [1.165, 1.54) is 251 Å². The van der Waals surface area contributed by atoms with E-state index < -0.39 is 0 Å². The van der Waals surface area contributed by atoms with Crippen molar-refractivity contribution in [2.75, 3.05) is 79.5 Å². The summed E-state index contributed by atoms with van der Waals surface area (Å²) in [6.45, 7) is 22.3. The number of nitrogens with zero attached hydrogens (tertiary/aromatic N) is 4. The second-order valence-corrected chi connectivity index (χ2v) is 19.1. The van der Waals surface area contributed by atoms with Crippen molar-refractivity contribution in [1.82, 2.24) is 24.9 Å². The van der Waals surface area contributed by atoms with Crippen molar-refractivity contribution < 1.29 is 9.59 Å². The van der Waals surface area contributed by atoms with Crippen molar-refractivity contribution in [3.8, 4) is 0 Å². The van der Waals surface area contributed by atoms with Gasteiger partial charge in [-0.1, -0.05) is 227 Å². The van der Waals surface area contributed by atoms with Gasteiger partial charge >= 0.3 is 0 Å². The van der Waals surface area contributed by atoms with E-state index in [1.807, 2.05) is 0 Å². The average molecular weight is 879 g/mol. The molecule has 372 valence electrons. The third-order valence-electron chi connectivity index (χ3n) is 13.0. The first kappa shape index (κ1) is 62.9. The van der Waals surface area contributed by atoms with Gasteiger partial charge in [-0.3, -0.25) is 14.5 Å². The van der Waals surface area contributed by atoms with Crippen LogP contribution in [0.2, 0.25) is 0 Å². The summed E-state index contributed by atoms with van der Waals surface area (Å²) < 4.78 is 0. The molecule has 1 N–H and O–H groups in total. The molecule has 0 rings (SSSR count). The predicted molar refractivity (Wildman–Crippen MR) is 277 cm³/mol. The lowest BCUT2D eigenvalue weighted by molar-refractivity contribution is -0.131. The molecule has 2 amide bonds. The Labute approximate surface area is 390 Å². The van der Waals surface area contributed by atoms with Gasteiger partial charge in [0.15, 0.2) is 0 Å². The fraction of sp³-hybridized carbons (Fsp3) is 0.964. The Hall–Kier alpha value is -1.18. The lowest BCUT2D eigenvalue weighted by Gasteiger charge is -2.29. The van der Waals surface area contributed by atoms with E-state index >= 15 is 0 Å². The second kappa shape index (κ2) is 54.2. The molecule has 7 heteroatoms. The monoisotopic (exact) mass is 878 g/mol. The third kappa shape index (κ3) is 48.3. The fourth-order valence-corrected chi connectivity index (χ4v) is 8.65. The van der Waals surface area contributed by atoms with Gasteiger partial charge in [0.05, 0.1) is 6.54 Å². The molecule has 0 heterocycles. The van der Waals surface area contributed by atoms with E-state index in [2.05, 4.69) is 66.6 Å². The Kier molecular flexibility index (Phi) is 54.9. The molecule has 0 saturated heterocycles. The fourth-order valence-electron chi connectivity index (χ4n) is 8.65. The molecule has 0 aromatic carbocycles. The van der Waals surface area contributed by atoms with Gasteiger partial charge in [-0.15, -0.1) is 0 Å². The standard InChI is InChI=1S/C53H110N4O.C2H5NO/c1-7-12-17-22-27-32-37-44-55(45-38-33-28-23-18-13-8-2)49-42-43-54(6)53(58)52-57(48-41-36-31-26-21-16-11-5)51-50-56(46-39-34-29-24-19-14-9-3)47-40-35-30-25-20-15-10-4;1-3-2-4/h7-52H2,1-6H3;2H,1H3,(H,3,4). The topological polar surface area (TPSA) is 59.1 Å². The Morgan fingerprint density at radius 2 is 0.565 bits per heavy atom. The van der Waals surface area contributed by atoms with E-state index in [9.17, 15) is 4.79 Å². The van der Waals surface area contributed by atoms with Crippen LogP contribution in [0.3, 0.4) is 0 Å². The number of carbonyl (C=O) groups is 2. The number of hydrogen-bond acceptors (Lipinski definition) is 5. The number of amides is 2. The van der Waals surface area contributed by atoms with Crippen LogP contribution in [0.15, 0.2) is 0 Å². The Morgan fingerprint density at radius 3 is 0.855 bits per heavy atom. The third-order valence-corrected chi connectivity index (χ3v) is 13.0. The van der Waals surface area contributed by atoms with E-state index in [4.69, 9.17) is 4.79 Å². The molecule has 0 aromatic rings. The molecule has 0 bridgehead atoms. The highest BCUT2D eigenvalue weighted by molar-refractivity contribution is 5.77. The van der Waals surface area contributed by atoms with Crippen LogP contribution in [-0.2, 0) is 9.59 Å². The number of carbonyl (C=O) groups excluding carboxylic acids is 2. The molecular formula is C55H115N5O2. The van der Waals surface area contributed by atoms with Crippen molar-refractivity contribution in [3.63, 3.8) is 0 Å². The van der Waals surface area contributed by atoms with Gasteiger partial charge in [-0.2, -0.15) is 0 Å². The van der Waals surface area contributed by atoms with E-state index in [-0.39, 0.29) is 0 Å². The van der Waals surface area contributed by atoms with Crippen LogP contribution in [0, 0.1) is 0 Å². The summed E-state index contributed by atoms with van der Waals surface area (Å²) in [7, 11) is 3.64. The summed E-state index contributed by atoms with van der Waals surface area (Å²) in [5.41, 5.74) is 0. The molecule has 0 fully saturated rings. The van der Waals surface area contributed by atoms with Gasteiger partial charge < -0.3 is 20.0 Å². The second-order valence-electron chi connectivity index (χ2n) is 19.1. The average Bonchev–Trinajstić information content (AvgIpc) is 3.28. The number of unbranched alkanes of at least 4 members (excludes halogenated alkanes) is 30. The minimum Gasteiger partial charge on any atom is -0.362 e. The molecule has 0 radical (unpaired) electrons. The largest absolute Gasteiger partial charge is 0.362 e. The molecule has 0 aliphatic rings. The maximum absolute atomic E-state index is 13.8. The van der Waals surface area contributed by atoms with Gasteiger partial charge in [0.1, 0.15) is 0 Å². The van der Waals surface area contributed by atoms with E-state index in [0.717, 1.165) is 39.1 Å². The first-order valence-corrected chi connectivity index (χ1v) is 28.0. The van der Waals surface area contributed by atoms with Crippen molar-refractivity contribution >= 4 is 12.3 Å². The van der Waals surface area contributed by atoms with Crippen LogP contribution in [0.25, 0.3) is 0 Å². The van der Waals surface area contributed by atoms with Crippen LogP contribution < -0.4 is 5.32 Å².